The first-order chi connectivity index (χ1) is 6.72. The highest BCUT2D eigenvalue weighted by Gasteiger charge is 1.91. The van der Waals surface area contributed by atoms with Crippen LogP contribution < -0.4 is 16.7 Å². The summed E-state index contributed by atoms with van der Waals surface area (Å²) in [5, 5.41) is 3.67. The molecule has 2 amide bonds. The molecule has 1 rings (SSSR count). The number of amides is 2. The standard InChI is InChI=1S/C8H9IN4O/c9-7-3-1-6(2-4-7)5-11-13-8(14)12-10/h1-5H,10H2,(H2,12,13,14)/b11-5+. The molecule has 1 aromatic carbocycles. The summed E-state index contributed by atoms with van der Waals surface area (Å²) in [6.45, 7) is 0. The molecule has 6 heteroatoms. The van der Waals surface area contributed by atoms with E-state index >= 15 is 0 Å². The van der Waals surface area contributed by atoms with Gasteiger partial charge in [-0.25, -0.2) is 16.1 Å². The number of halogens is 1. The van der Waals surface area contributed by atoms with Gasteiger partial charge in [0.2, 0.25) is 0 Å². The highest BCUT2D eigenvalue weighted by molar-refractivity contribution is 14.1. The minimum absolute atomic E-state index is 0.549. The Balaban J connectivity index is 2.52. The lowest BCUT2D eigenvalue weighted by Gasteiger charge is -1.96. The van der Waals surface area contributed by atoms with Crippen LogP contribution >= 0.6 is 22.6 Å². The van der Waals surface area contributed by atoms with E-state index in [4.69, 9.17) is 5.84 Å². The Bertz CT molecular complexity index is 336. The molecule has 0 aromatic heterocycles. The topological polar surface area (TPSA) is 79.5 Å². The predicted octanol–water partition coefficient (Wildman–Crippen LogP) is 0.798. The van der Waals surface area contributed by atoms with Crippen LogP contribution in [0.4, 0.5) is 4.79 Å². The van der Waals surface area contributed by atoms with E-state index in [1.54, 1.807) is 0 Å². The SMILES string of the molecule is NNC(=O)N/N=C/c1ccc(I)cc1. The van der Waals surface area contributed by atoms with Crippen LogP contribution in [0.25, 0.3) is 0 Å². The molecule has 0 fully saturated rings. The first kappa shape index (κ1) is 10.9. The Morgan fingerprint density at radius 2 is 2.07 bits per heavy atom. The molecule has 0 aliphatic heterocycles. The number of hydrogen-bond donors (Lipinski definition) is 3. The van der Waals surface area contributed by atoms with Crippen molar-refractivity contribution >= 4 is 34.8 Å². The summed E-state index contributed by atoms with van der Waals surface area (Å²) in [5.74, 6) is 4.83. The van der Waals surface area contributed by atoms with Crippen LogP contribution in [0.5, 0.6) is 0 Å². The van der Waals surface area contributed by atoms with Crippen molar-refractivity contribution in [3.63, 3.8) is 0 Å². The molecule has 0 spiro atoms. The van der Waals surface area contributed by atoms with E-state index in [9.17, 15) is 4.79 Å². The fourth-order valence-corrected chi connectivity index (χ4v) is 1.11. The molecule has 4 N–H and O–H groups in total. The fourth-order valence-electron chi connectivity index (χ4n) is 0.747. The van der Waals surface area contributed by atoms with Crippen LogP contribution in [-0.4, -0.2) is 12.2 Å². The van der Waals surface area contributed by atoms with Gasteiger partial charge in [0.25, 0.3) is 0 Å². The maximum atomic E-state index is 10.6. The minimum Gasteiger partial charge on any atom is -0.274 e. The monoisotopic (exact) mass is 304 g/mol. The first-order valence-electron chi connectivity index (χ1n) is 3.77. The van der Waals surface area contributed by atoms with Gasteiger partial charge in [0, 0.05) is 3.57 Å². The second kappa shape index (κ2) is 5.55. The Morgan fingerprint density at radius 3 is 2.64 bits per heavy atom. The molecule has 14 heavy (non-hydrogen) atoms. The molecule has 0 saturated heterocycles. The molecule has 0 heterocycles. The summed E-state index contributed by atoms with van der Waals surface area (Å²) in [7, 11) is 0. The van der Waals surface area contributed by atoms with Crippen LogP contribution in [0.1, 0.15) is 5.56 Å². The Hall–Kier alpha value is -1.15. The Morgan fingerprint density at radius 1 is 1.43 bits per heavy atom. The third-order valence-corrected chi connectivity index (χ3v) is 2.10. The average Bonchev–Trinajstić information content (AvgIpc) is 2.21. The summed E-state index contributed by atoms with van der Waals surface area (Å²) in [4.78, 5) is 10.6. The summed E-state index contributed by atoms with van der Waals surface area (Å²) in [6.07, 6.45) is 1.53. The molecule has 1 aromatic rings. The van der Waals surface area contributed by atoms with Gasteiger partial charge in [-0.3, -0.25) is 5.43 Å². The lowest BCUT2D eigenvalue weighted by Crippen LogP contribution is -2.37. The highest BCUT2D eigenvalue weighted by atomic mass is 127. The number of hydrazine groups is 1. The maximum absolute atomic E-state index is 10.6. The van der Waals surface area contributed by atoms with Crippen LogP contribution in [0.2, 0.25) is 0 Å². The van der Waals surface area contributed by atoms with Gasteiger partial charge < -0.3 is 0 Å². The number of hydrazone groups is 1. The second-order valence-corrected chi connectivity index (χ2v) is 3.64. The molecule has 0 atom stereocenters. The zero-order chi connectivity index (χ0) is 10.4. The summed E-state index contributed by atoms with van der Waals surface area (Å²) in [5.41, 5.74) is 4.99. The Labute approximate surface area is 94.9 Å². The van der Waals surface area contributed by atoms with E-state index in [2.05, 4.69) is 33.1 Å². The highest BCUT2D eigenvalue weighted by Crippen LogP contribution is 2.04. The molecular weight excluding hydrogens is 295 g/mol. The average molecular weight is 304 g/mol. The molecule has 0 radical (unpaired) electrons. The van der Waals surface area contributed by atoms with Gasteiger partial charge in [-0.2, -0.15) is 5.10 Å². The molecule has 0 aliphatic carbocycles. The van der Waals surface area contributed by atoms with E-state index in [1.165, 1.54) is 6.21 Å². The number of rotatable bonds is 2. The second-order valence-electron chi connectivity index (χ2n) is 2.40. The summed E-state index contributed by atoms with van der Waals surface area (Å²) < 4.78 is 1.15. The van der Waals surface area contributed by atoms with Gasteiger partial charge in [0.15, 0.2) is 0 Å². The molecule has 0 bridgehead atoms. The molecule has 5 nitrogen and oxygen atoms in total. The fraction of sp³-hybridized carbons (Fsp3) is 0. The van der Waals surface area contributed by atoms with E-state index in [1.807, 2.05) is 29.7 Å². The van der Waals surface area contributed by atoms with Crippen molar-refractivity contribution in [3.8, 4) is 0 Å². The number of nitrogens with one attached hydrogen (secondary N) is 2. The predicted molar refractivity (Wildman–Crippen MR) is 62.6 cm³/mol. The summed E-state index contributed by atoms with van der Waals surface area (Å²) in [6, 6.07) is 7.14. The number of nitrogens with two attached hydrogens (primary N) is 1. The van der Waals surface area contributed by atoms with Crippen LogP contribution in [0, 0.1) is 3.57 Å². The zero-order valence-electron chi connectivity index (χ0n) is 7.20. The zero-order valence-corrected chi connectivity index (χ0v) is 9.36. The van der Waals surface area contributed by atoms with Gasteiger partial charge in [0.1, 0.15) is 0 Å². The van der Waals surface area contributed by atoms with Crippen LogP contribution in [0.3, 0.4) is 0 Å². The van der Waals surface area contributed by atoms with Crippen molar-refractivity contribution in [1.29, 1.82) is 0 Å². The van der Waals surface area contributed by atoms with Crippen molar-refractivity contribution in [2.75, 3.05) is 0 Å². The van der Waals surface area contributed by atoms with Gasteiger partial charge in [-0.1, -0.05) is 12.1 Å². The quantitative estimate of drug-likeness (QED) is 0.248. The number of nitrogens with zero attached hydrogens (tertiary/aromatic N) is 1. The minimum atomic E-state index is -0.549. The number of carbonyl (C=O) groups excluding carboxylic acids is 1. The number of urea groups is 1. The van der Waals surface area contributed by atoms with Gasteiger partial charge in [0.05, 0.1) is 6.21 Å². The molecular formula is C8H9IN4O. The van der Waals surface area contributed by atoms with E-state index in [-0.39, 0.29) is 0 Å². The number of hydrogen-bond acceptors (Lipinski definition) is 3. The summed E-state index contributed by atoms with van der Waals surface area (Å²) >= 11 is 2.21. The lowest BCUT2D eigenvalue weighted by atomic mass is 10.2. The third-order valence-electron chi connectivity index (χ3n) is 1.38. The molecule has 0 aliphatic rings. The van der Waals surface area contributed by atoms with Crippen molar-refractivity contribution in [2.24, 2.45) is 10.9 Å². The molecule has 0 saturated carbocycles. The van der Waals surface area contributed by atoms with Crippen molar-refractivity contribution in [3.05, 3.63) is 33.4 Å². The van der Waals surface area contributed by atoms with Crippen molar-refractivity contribution in [2.45, 2.75) is 0 Å². The van der Waals surface area contributed by atoms with E-state index in [0.717, 1.165) is 9.13 Å². The molecule has 74 valence electrons. The normalized spacial score (nSPS) is 10.1. The van der Waals surface area contributed by atoms with Crippen LogP contribution in [0.15, 0.2) is 29.4 Å². The van der Waals surface area contributed by atoms with Crippen molar-refractivity contribution in [1.82, 2.24) is 10.9 Å². The van der Waals surface area contributed by atoms with E-state index < -0.39 is 6.03 Å². The lowest BCUT2D eigenvalue weighted by molar-refractivity contribution is 0.241. The first-order valence-corrected chi connectivity index (χ1v) is 4.85. The van der Waals surface area contributed by atoms with Crippen LogP contribution in [-0.2, 0) is 0 Å². The maximum Gasteiger partial charge on any atom is 0.349 e. The molecule has 0 unspecified atom stereocenters. The van der Waals surface area contributed by atoms with E-state index in [0.29, 0.717) is 0 Å². The largest absolute Gasteiger partial charge is 0.349 e. The number of carbonyl (C=O) groups is 1. The van der Waals surface area contributed by atoms with Gasteiger partial charge >= 0.3 is 6.03 Å². The van der Waals surface area contributed by atoms with Gasteiger partial charge in [-0.05, 0) is 40.3 Å². The Kier molecular flexibility index (Phi) is 4.33. The number of benzene rings is 1. The third kappa shape index (κ3) is 3.71. The van der Waals surface area contributed by atoms with Crippen molar-refractivity contribution < 1.29 is 4.79 Å². The van der Waals surface area contributed by atoms with Gasteiger partial charge in [-0.15, -0.1) is 0 Å². The smallest absolute Gasteiger partial charge is 0.274 e.